The zero-order valence-corrected chi connectivity index (χ0v) is 14.3. The van der Waals surface area contributed by atoms with Crippen molar-refractivity contribution in [3.63, 3.8) is 0 Å². The Morgan fingerprint density at radius 2 is 2.00 bits per heavy atom. The Morgan fingerprint density at radius 1 is 1.29 bits per heavy atom. The lowest BCUT2D eigenvalue weighted by molar-refractivity contribution is -0.383. The third-order valence-electron chi connectivity index (χ3n) is 3.72. The molecule has 1 aromatic carbocycles. The molecule has 0 spiro atoms. The summed E-state index contributed by atoms with van der Waals surface area (Å²) < 4.78 is 0. The van der Waals surface area contributed by atoms with Crippen LogP contribution in [0.5, 0.6) is 0 Å². The Labute approximate surface area is 147 Å². The number of carbonyl (C=O) groups is 1. The van der Waals surface area contributed by atoms with E-state index in [1.807, 2.05) is 0 Å². The van der Waals surface area contributed by atoms with Gasteiger partial charge in [0.05, 0.1) is 11.5 Å². The highest BCUT2D eigenvalue weighted by Crippen LogP contribution is 2.22. The summed E-state index contributed by atoms with van der Waals surface area (Å²) in [7, 11) is 0. The number of para-hydroxylation sites is 2. The molecule has 0 unspecified atom stereocenters. The minimum atomic E-state index is -0.465. The molecule has 2 rings (SSSR count). The minimum absolute atomic E-state index is 0. The zero-order valence-electron chi connectivity index (χ0n) is 13.5. The number of benzene rings is 1. The van der Waals surface area contributed by atoms with Crippen molar-refractivity contribution < 1.29 is 9.72 Å². The summed E-state index contributed by atoms with van der Waals surface area (Å²) in [5.74, 6) is -0.163. The maximum Gasteiger partial charge on any atom is 0.292 e. The highest BCUT2D eigenvalue weighted by atomic mass is 35.5. The fourth-order valence-corrected chi connectivity index (χ4v) is 2.49. The number of carbonyl (C=O) groups excluding carboxylic acids is 1. The van der Waals surface area contributed by atoms with E-state index in [2.05, 4.69) is 20.9 Å². The summed E-state index contributed by atoms with van der Waals surface area (Å²) in [5.41, 5.74) is 0.326. The van der Waals surface area contributed by atoms with Crippen molar-refractivity contribution in [3.05, 3.63) is 34.4 Å². The fourth-order valence-electron chi connectivity index (χ4n) is 2.49. The Hall–Kier alpha value is -1.90. The van der Waals surface area contributed by atoms with Crippen LogP contribution in [0.15, 0.2) is 24.3 Å². The molecule has 134 valence electrons. The van der Waals surface area contributed by atoms with Crippen LogP contribution >= 0.6 is 12.4 Å². The van der Waals surface area contributed by atoms with Crippen LogP contribution in [0, 0.1) is 10.1 Å². The third-order valence-corrected chi connectivity index (χ3v) is 3.72. The summed E-state index contributed by atoms with van der Waals surface area (Å²) in [5, 5.41) is 19.8. The van der Waals surface area contributed by atoms with E-state index in [4.69, 9.17) is 0 Å². The van der Waals surface area contributed by atoms with Gasteiger partial charge < -0.3 is 20.9 Å². The number of piperazine rings is 1. The normalized spacial score (nSPS) is 14.5. The topological polar surface area (TPSA) is 99.5 Å². The number of nitrogens with zero attached hydrogens (tertiary/aromatic N) is 2. The minimum Gasteiger partial charge on any atom is -0.371 e. The average molecular weight is 358 g/mol. The molecule has 0 bridgehead atoms. The van der Waals surface area contributed by atoms with Gasteiger partial charge in [0.15, 0.2) is 0 Å². The molecule has 0 aliphatic carbocycles. The first-order chi connectivity index (χ1) is 11.2. The predicted octanol–water partition coefficient (Wildman–Crippen LogP) is 0.840. The second kappa shape index (κ2) is 10.8. The van der Waals surface area contributed by atoms with Gasteiger partial charge in [-0.2, -0.15) is 0 Å². The maximum atomic E-state index is 11.8. The smallest absolute Gasteiger partial charge is 0.292 e. The summed E-state index contributed by atoms with van der Waals surface area (Å²) in [6, 6.07) is 6.30. The van der Waals surface area contributed by atoms with Crippen molar-refractivity contribution in [2.24, 2.45) is 0 Å². The quantitative estimate of drug-likeness (QED) is 0.362. The van der Waals surface area contributed by atoms with E-state index in [0.29, 0.717) is 12.2 Å². The monoisotopic (exact) mass is 357 g/mol. The molecule has 24 heavy (non-hydrogen) atoms. The molecular weight excluding hydrogens is 334 g/mol. The molecule has 1 amide bonds. The Bertz CT molecular complexity index is 538. The van der Waals surface area contributed by atoms with Crippen molar-refractivity contribution in [2.45, 2.75) is 6.42 Å². The molecule has 1 aromatic rings. The number of halogens is 1. The van der Waals surface area contributed by atoms with Crippen LogP contribution in [0.2, 0.25) is 0 Å². The van der Waals surface area contributed by atoms with Crippen LogP contribution in [0.3, 0.4) is 0 Å². The lowest BCUT2D eigenvalue weighted by atomic mass is 10.2. The highest BCUT2D eigenvalue weighted by Gasteiger charge is 2.13. The van der Waals surface area contributed by atoms with E-state index in [-0.39, 0.29) is 30.5 Å². The summed E-state index contributed by atoms with van der Waals surface area (Å²) >= 11 is 0. The van der Waals surface area contributed by atoms with Gasteiger partial charge in [0, 0.05) is 38.8 Å². The number of amides is 1. The number of hydrogen-bond donors (Lipinski definition) is 3. The van der Waals surface area contributed by atoms with Gasteiger partial charge >= 0.3 is 0 Å². The second-order valence-electron chi connectivity index (χ2n) is 5.42. The lowest BCUT2D eigenvalue weighted by Gasteiger charge is -2.27. The molecule has 8 nitrogen and oxygen atoms in total. The number of nitro groups is 1. The van der Waals surface area contributed by atoms with Gasteiger partial charge in [-0.1, -0.05) is 12.1 Å². The van der Waals surface area contributed by atoms with Crippen molar-refractivity contribution in [1.29, 1.82) is 0 Å². The number of nitrogens with one attached hydrogen (secondary N) is 3. The van der Waals surface area contributed by atoms with Crippen LogP contribution in [-0.2, 0) is 4.79 Å². The molecule has 1 fully saturated rings. The number of nitro benzene ring substituents is 1. The van der Waals surface area contributed by atoms with Gasteiger partial charge in [0.25, 0.3) is 5.69 Å². The molecule has 1 aliphatic heterocycles. The average Bonchev–Trinajstić information content (AvgIpc) is 2.58. The molecule has 1 heterocycles. The second-order valence-corrected chi connectivity index (χ2v) is 5.42. The molecule has 0 atom stereocenters. The summed E-state index contributed by atoms with van der Waals surface area (Å²) in [4.78, 5) is 24.6. The van der Waals surface area contributed by atoms with E-state index in [1.54, 1.807) is 18.2 Å². The Kier molecular flexibility index (Phi) is 9.06. The van der Waals surface area contributed by atoms with Crippen molar-refractivity contribution in [2.75, 3.05) is 51.1 Å². The zero-order chi connectivity index (χ0) is 16.5. The first kappa shape index (κ1) is 20.1. The van der Waals surface area contributed by atoms with Crippen LogP contribution in [0.4, 0.5) is 11.4 Å². The number of hydrogen-bond acceptors (Lipinski definition) is 6. The van der Waals surface area contributed by atoms with Gasteiger partial charge in [-0.15, -0.1) is 12.4 Å². The predicted molar refractivity (Wildman–Crippen MR) is 95.8 cm³/mol. The number of rotatable bonds is 8. The van der Waals surface area contributed by atoms with Gasteiger partial charge in [0.1, 0.15) is 5.69 Å². The largest absolute Gasteiger partial charge is 0.371 e. The molecule has 0 saturated carbocycles. The van der Waals surface area contributed by atoms with Gasteiger partial charge in [0.2, 0.25) is 5.91 Å². The fraction of sp³-hybridized carbons (Fsp3) is 0.533. The highest BCUT2D eigenvalue weighted by molar-refractivity contribution is 5.85. The number of anilines is 1. The molecule has 1 saturated heterocycles. The van der Waals surface area contributed by atoms with E-state index in [1.165, 1.54) is 6.07 Å². The molecule has 0 aromatic heterocycles. The van der Waals surface area contributed by atoms with Crippen molar-refractivity contribution >= 4 is 29.7 Å². The lowest BCUT2D eigenvalue weighted by Crippen LogP contribution is -2.44. The van der Waals surface area contributed by atoms with Crippen LogP contribution in [-0.4, -0.2) is 61.5 Å². The maximum absolute atomic E-state index is 11.8. The van der Waals surface area contributed by atoms with Gasteiger partial charge in [-0.25, -0.2) is 0 Å². The van der Waals surface area contributed by atoms with E-state index >= 15 is 0 Å². The standard InChI is InChI=1S/C15H23N5O3.ClH/c21-15(17-6-3-9-19-10-7-16-8-11-19)12-18-13-4-1-2-5-14(13)20(22)23;/h1-2,4-5,16,18H,3,6-12H2,(H,17,21);1H. The molecular formula is C15H24ClN5O3. The van der Waals surface area contributed by atoms with E-state index in [9.17, 15) is 14.9 Å². The third kappa shape index (κ3) is 6.69. The molecule has 1 aliphatic rings. The van der Waals surface area contributed by atoms with Crippen molar-refractivity contribution in [3.8, 4) is 0 Å². The van der Waals surface area contributed by atoms with Crippen LogP contribution in [0.1, 0.15) is 6.42 Å². The van der Waals surface area contributed by atoms with E-state index < -0.39 is 4.92 Å². The SMILES string of the molecule is Cl.O=C(CNc1ccccc1[N+](=O)[O-])NCCCN1CCNCC1. The van der Waals surface area contributed by atoms with Crippen molar-refractivity contribution in [1.82, 2.24) is 15.5 Å². The summed E-state index contributed by atoms with van der Waals surface area (Å²) in [6.07, 6.45) is 0.900. The van der Waals surface area contributed by atoms with Crippen LogP contribution in [0.25, 0.3) is 0 Å². The molecule has 0 radical (unpaired) electrons. The van der Waals surface area contributed by atoms with Gasteiger partial charge in [-0.3, -0.25) is 14.9 Å². The van der Waals surface area contributed by atoms with Gasteiger partial charge in [-0.05, 0) is 19.0 Å². The van der Waals surface area contributed by atoms with Crippen LogP contribution < -0.4 is 16.0 Å². The Morgan fingerprint density at radius 3 is 2.71 bits per heavy atom. The Balaban J connectivity index is 0.00000288. The molecule has 9 heteroatoms. The van der Waals surface area contributed by atoms with E-state index in [0.717, 1.165) is 39.1 Å². The summed E-state index contributed by atoms with van der Waals surface area (Å²) in [6.45, 7) is 5.75. The first-order valence-electron chi connectivity index (χ1n) is 7.84. The molecule has 3 N–H and O–H groups in total. The first-order valence-corrected chi connectivity index (χ1v) is 7.84.